The Morgan fingerprint density at radius 1 is 1.03 bits per heavy atom. The quantitative estimate of drug-likeness (QED) is 0.294. The normalized spacial score (nSPS) is 11.4. The Balaban J connectivity index is 1.94. The van der Waals surface area contributed by atoms with E-state index in [4.69, 9.17) is 9.47 Å². The number of carbonyl (C=O) groups excluding carboxylic acids is 2. The summed E-state index contributed by atoms with van der Waals surface area (Å²) in [4.78, 5) is 36.4. The second-order valence-corrected chi connectivity index (χ2v) is 7.11. The van der Waals surface area contributed by atoms with Crippen LogP contribution in [-0.4, -0.2) is 35.9 Å². The van der Waals surface area contributed by atoms with Crippen molar-refractivity contribution >= 4 is 18.0 Å². The van der Waals surface area contributed by atoms with Crippen molar-refractivity contribution in [3.8, 4) is 17.2 Å². The summed E-state index contributed by atoms with van der Waals surface area (Å²) in [6.07, 6.45) is -1.94. The van der Waals surface area contributed by atoms with E-state index in [2.05, 4.69) is 9.84 Å². The minimum absolute atomic E-state index is 0.00528. The molecular weight excluding hydrogens is 469 g/mol. The number of halogens is 3. The van der Waals surface area contributed by atoms with Crippen LogP contribution in [0.2, 0.25) is 0 Å². The molecule has 0 spiro atoms. The van der Waals surface area contributed by atoms with Gasteiger partial charge in [0.2, 0.25) is 11.1 Å². The van der Waals surface area contributed by atoms with E-state index in [-0.39, 0.29) is 22.9 Å². The number of benzene rings is 2. The molecule has 0 unspecified atom stereocenters. The van der Waals surface area contributed by atoms with Crippen LogP contribution < -0.4 is 14.9 Å². The highest BCUT2D eigenvalue weighted by Gasteiger charge is 2.30. The topological polar surface area (TPSA) is 96.7 Å². The van der Waals surface area contributed by atoms with Gasteiger partial charge in [0.25, 0.3) is 0 Å². The number of hydrogen-bond donors (Lipinski definition) is 0. The van der Waals surface area contributed by atoms with Crippen LogP contribution in [0.4, 0.5) is 13.2 Å². The molecule has 0 aliphatic rings. The first-order valence-electron chi connectivity index (χ1n) is 9.98. The van der Waals surface area contributed by atoms with Crippen LogP contribution in [-0.2, 0) is 15.7 Å². The summed E-state index contributed by atoms with van der Waals surface area (Å²) in [5.74, 6) is -1.62. The second-order valence-electron chi connectivity index (χ2n) is 7.11. The predicted octanol–water partition coefficient (Wildman–Crippen LogP) is 3.97. The molecule has 0 N–H and O–H groups in total. The largest absolute Gasteiger partial charge is 0.493 e. The molecule has 35 heavy (non-hydrogen) atoms. The zero-order chi connectivity index (χ0) is 25.8. The maximum absolute atomic E-state index is 13.1. The maximum atomic E-state index is 13.1. The van der Waals surface area contributed by atoms with Gasteiger partial charge in [-0.3, -0.25) is 4.79 Å². The molecule has 0 aliphatic carbocycles. The lowest BCUT2D eigenvalue weighted by Gasteiger charge is -2.14. The van der Waals surface area contributed by atoms with Crippen molar-refractivity contribution < 1.29 is 37.0 Å². The fourth-order valence-corrected chi connectivity index (χ4v) is 3.02. The minimum Gasteiger partial charge on any atom is -0.493 e. The SMILES string of the molecule is COC(=O)/C=C/c1ccc(OC(=O)c2nn(-c3cccc(C(F)(F)F)c3)c(C)cc2=O)c(OC)c1. The average molecular weight is 488 g/mol. The van der Waals surface area contributed by atoms with Gasteiger partial charge in [0.05, 0.1) is 25.5 Å². The van der Waals surface area contributed by atoms with Crippen LogP contribution >= 0.6 is 0 Å². The molecule has 0 saturated carbocycles. The third kappa shape index (κ3) is 5.94. The van der Waals surface area contributed by atoms with Crippen LogP contribution in [0.5, 0.6) is 11.5 Å². The number of alkyl halides is 3. The fraction of sp³-hybridized carbons (Fsp3) is 0.167. The van der Waals surface area contributed by atoms with Crippen molar-refractivity contribution in [1.82, 2.24) is 9.78 Å². The molecule has 1 aromatic heterocycles. The number of hydrogen-bond acceptors (Lipinski definition) is 7. The number of esters is 2. The lowest BCUT2D eigenvalue weighted by atomic mass is 10.2. The summed E-state index contributed by atoms with van der Waals surface area (Å²) in [7, 11) is 2.56. The monoisotopic (exact) mass is 488 g/mol. The summed E-state index contributed by atoms with van der Waals surface area (Å²) >= 11 is 0. The van der Waals surface area contributed by atoms with E-state index >= 15 is 0 Å². The van der Waals surface area contributed by atoms with E-state index in [0.29, 0.717) is 5.56 Å². The number of nitrogens with zero attached hydrogens (tertiary/aromatic N) is 2. The molecule has 1 heterocycles. The predicted molar refractivity (Wildman–Crippen MR) is 119 cm³/mol. The number of carbonyl (C=O) groups is 2. The van der Waals surface area contributed by atoms with Gasteiger partial charge >= 0.3 is 18.1 Å². The van der Waals surface area contributed by atoms with E-state index in [9.17, 15) is 27.6 Å². The van der Waals surface area contributed by atoms with Crippen molar-refractivity contribution in [3.05, 3.63) is 87.3 Å². The lowest BCUT2D eigenvalue weighted by molar-refractivity contribution is -0.137. The number of aryl methyl sites for hydroxylation is 1. The molecule has 0 fully saturated rings. The first-order chi connectivity index (χ1) is 16.5. The van der Waals surface area contributed by atoms with E-state index in [0.717, 1.165) is 22.9 Å². The van der Waals surface area contributed by atoms with Gasteiger partial charge in [-0.15, -0.1) is 0 Å². The van der Waals surface area contributed by atoms with Crippen LogP contribution in [0.25, 0.3) is 11.8 Å². The van der Waals surface area contributed by atoms with Crippen molar-refractivity contribution in [2.45, 2.75) is 13.1 Å². The van der Waals surface area contributed by atoms with Gasteiger partial charge in [0.1, 0.15) is 0 Å². The fourth-order valence-electron chi connectivity index (χ4n) is 3.02. The Hall–Kier alpha value is -4.41. The van der Waals surface area contributed by atoms with Crippen LogP contribution in [0.1, 0.15) is 27.3 Å². The molecule has 3 rings (SSSR count). The number of aromatic nitrogens is 2. The molecule has 0 amide bonds. The number of ether oxygens (including phenoxy) is 3. The van der Waals surface area contributed by atoms with Gasteiger partial charge in [-0.2, -0.15) is 18.3 Å². The van der Waals surface area contributed by atoms with Gasteiger partial charge in [0, 0.05) is 17.8 Å². The zero-order valence-electron chi connectivity index (χ0n) is 18.8. The third-order valence-electron chi connectivity index (χ3n) is 4.72. The molecule has 0 aliphatic heterocycles. The first-order valence-corrected chi connectivity index (χ1v) is 9.98. The first kappa shape index (κ1) is 25.2. The highest BCUT2D eigenvalue weighted by Crippen LogP contribution is 2.31. The van der Waals surface area contributed by atoms with Crippen LogP contribution in [0.15, 0.2) is 59.4 Å². The van der Waals surface area contributed by atoms with Gasteiger partial charge in [-0.05, 0) is 48.9 Å². The highest BCUT2D eigenvalue weighted by molar-refractivity contribution is 5.89. The van der Waals surface area contributed by atoms with Crippen molar-refractivity contribution in [1.29, 1.82) is 0 Å². The summed E-state index contributed by atoms with van der Waals surface area (Å²) < 4.78 is 55.4. The molecule has 2 aromatic carbocycles. The van der Waals surface area contributed by atoms with Crippen molar-refractivity contribution in [2.24, 2.45) is 0 Å². The molecule has 3 aromatic rings. The average Bonchev–Trinajstić information content (AvgIpc) is 2.82. The number of rotatable bonds is 6. The standard InChI is InChI=1S/C24H19F3N2O6/c1-14-11-18(30)22(28-29(14)17-6-4-5-16(13-17)24(25,26)27)23(32)35-19-9-7-15(12-20(19)33-2)8-10-21(31)34-3/h4-13H,1-3H3/b10-8+. The van der Waals surface area contributed by atoms with E-state index in [1.54, 1.807) is 0 Å². The Morgan fingerprint density at radius 3 is 2.43 bits per heavy atom. The summed E-state index contributed by atoms with van der Waals surface area (Å²) in [6, 6.07) is 9.75. The summed E-state index contributed by atoms with van der Waals surface area (Å²) in [5.41, 5.74) is -1.56. The lowest BCUT2D eigenvalue weighted by Crippen LogP contribution is -2.26. The van der Waals surface area contributed by atoms with Gasteiger partial charge in [-0.1, -0.05) is 12.1 Å². The van der Waals surface area contributed by atoms with Gasteiger partial charge in [-0.25, -0.2) is 14.3 Å². The highest BCUT2D eigenvalue weighted by atomic mass is 19.4. The molecule has 182 valence electrons. The van der Waals surface area contributed by atoms with Gasteiger partial charge in [0.15, 0.2) is 11.5 Å². The van der Waals surface area contributed by atoms with Crippen LogP contribution in [0.3, 0.4) is 0 Å². The smallest absolute Gasteiger partial charge is 0.416 e. The summed E-state index contributed by atoms with van der Waals surface area (Å²) in [5, 5.41) is 3.95. The molecule has 0 saturated heterocycles. The summed E-state index contributed by atoms with van der Waals surface area (Å²) in [6.45, 7) is 1.47. The molecule has 0 bridgehead atoms. The Bertz CT molecular complexity index is 1360. The molecule has 0 radical (unpaired) electrons. The molecular formula is C24H19F3N2O6. The third-order valence-corrected chi connectivity index (χ3v) is 4.72. The Morgan fingerprint density at radius 2 is 1.77 bits per heavy atom. The number of methoxy groups -OCH3 is 2. The van der Waals surface area contributed by atoms with E-state index in [1.807, 2.05) is 0 Å². The van der Waals surface area contributed by atoms with E-state index in [1.165, 1.54) is 63.6 Å². The second kappa shape index (κ2) is 10.2. The maximum Gasteiger partial charge on any atom is 0.416 e. The minimum atomic E-state index is -4.58. The zero-order valence-corrected chi connectivity index (χ0v) is 18.8. The van der Waals surface area contributed by atoms with Crippen LogP contribution in [0, 0.1) is 6.92 Å². The van der Waals surface area contributed by atoms with Crippen molar-refractivity contribution in [2.75, 3.05) is 14.2 Å². The van der Waals surface area contributed by atoms with E-state index < -0.39 is 34.8 Å². The molecule has 11 heteroatoms. The Kier molecular flexibility index (Phi) is 7.38. The Labute approximate surface area is 197 Å². The molecule has 0 atom stereocenters. The van der Waals surface area contributed by atoms with Gasteiger partial charge < -0.3 is 14.2 Å². The molecule has 8 nitrogen and oxygen atoms in total. The van der Waals surface area contributed by atoms with Crippen molar-refractivity contribution in [3.63, 3.8) is 0 Å².